The van der Waals surface area contributed by atoms with E-state index in [1.54, 1.807) is 13.8 Å². The van der Waals surface area contributed by atoms with E-state index in [2.05, 4.69) is 0 Å². The van der Waals surface area contributed by atoms with Crippen molar-refractivity contribution in [2.45, 2.75) is 33.0 Å². The molecule has 0 amide bonds. The summed E-state index contributed by atoms with van der Waals surface area (Å²) >= 11 is 0. The number of esters is 1. The zero-order valence-electron chi connectivity index (χ0n) is 7.84. The summed E-state index contributed by atoms with van der Waals surface area (Å²) in [5.41, 5.74) is 0. The van der Waals surface area contributed by atoms with Crippen LogP contribution in [-0.4, -0.2) is 24.6 Å². The van der Waals surface area contributed by atoms with Gasteiger partial charge in [-0.2, -0.15) is 0 Å². The fraction of sp³-hybridized carbons (Fsp3) is 0.750. The van der Waals surface area contributed by atoms with Crippen molar-refractivity contribution in [3.05, 3.63) is 0 Å². The van der Waals surface area contributed by atoms with Gasteiger partial charge in [0.1, 0.15) is 12.2 Å². The minimum Gasteiger partial charge on any atom is -0.433 e. The number of carbonyl (C=O) groups excluding carboxylic acids is 2. The Morgan fingerprint density at radius 1 is 1.33 bits per heavy atom. The number of hydrogen-bond acceptors (Lipinski definition) is 4. The van der Waals surface area contributed by atoms with Crippen LogP contribution in [0.15, 0.2) is 0 Å². The summed E-state index contributed by atoms with van der Waals surface area (Å²) < 4.78 is 9.65. The molecule has 0 aliphatic carbocycles. The molecule has 0 saturated carbocycles. The van der Waals surface area contributed by atoms with Gasteiger partial charge < -0.3 is 9.47 Å². The van der Waals surface area contributed by atoms with Crippen molar-refractivity contribution >= 4 is 11.8 Å². The average Bonchev–Trinajstić information content (AvgIpc) is 1.84. The van der Waals surface area contributed by atoms with E-state index in [1.165, 1.54) is 14.0 Å². The maximum absolute atomic E-state index is 10.9. The van der Waals surface area contributed by atoms with Crippen LogP contribution in [0.25, 0.3) is 0 Å². The molecule has 0 aromatic heterocycles. The summed E-state index contributed by atoms with van der Waals surface area (Å²) in [5.74, 6) is -1.73. The first kappa shape index (κ1) is 11.1. The van der Waals surface area contributed by atoms with Gasteiger partial charge in [-0.3, -0.25) is 9.59 Å². The van der Waals surface area contributed by atoms with E-state index in [4.69, 9.17) is 9.47 Å². The Morgan fingerprint density at radius 3 is 2.17 bits per heavy atom. The summed E-state index contributed by atoms with van der Waals surface area (Å²) in [6.07, 6.45) is -0.202. The third kappa shape index (κ3) is 4.85. The molecule has 0 aliphatic heterocycles. The van der Waals surface area contributed by atoms with Crippen LogP contribution in [0.4, 0.5) is 0 Å². The first-order chi connectivity index (χ1) is 5.37. The normalized spacial score (nSPS) is 11.0. The standard InChI is InChI=1S/C8H14O4/c1-6(9)5-7(10)12-8(2,3)11-4/h5H2,1-4H3. The van der Waals surface area contributed by atoms with E-state index >= 15 is 0 Å². The van der Waals surface area contributed by atoms with Crippen molar-refractivity contribution in [1.29, 1.82) is 0 Å². The van der Waals surface area contributed by atoms with Crippen molar-refractivity contribution in [3.8, 4) is 0 Å². The second-order valence-corrected chi connectivity index (χ2v) is 2.96. The molecule has 0 unspecified atom stereocenters. The number of hydrogen-bond donors (Lipinski definition) is 0. The van der Waals surface area contributed by atoms with Gasteiger partial charge in [0.2, 0.25) is 5.79 Å². The second kappa shape index (κ2) is 4.21. The first-order valence-corrected chi connectivity index (χ1v) is 3.64. The number of rotatable bonds is 4. The Kier molecular flexibility index (Phi) is 3.89. The van der Waals surface area contributed by atoms with Crippen molar-refractivity contribution in [2.24, 2.45) is 0 Å². The monoisotopic (exact) mass is 174 g/mol. The summed E-state index contributed by atoms with van der Waals surface area (Å²) in [7, 11) is 1.43. The molecule has 0 radical (unpaired) electrons. The molecular formula is C8H14O4. The molecule has 0 N–H and O–H groups in total. The topological polar surface area (TPSA) is 52.6 Å². The third-order valence-corrected chi connectivity index (χ3v) is 1.24. The Morgan fingerprint density at radius 2 is 1.83 bits per heavy atom. The van der Waals surface area contributed by atoms with E-state index in [9.17, 15) is 9.59 Å². The highest BCUT2D eigenvalue weighted by Crippen LogP contribution is 2.10. The van der Waals surface area contributed by atoms with Crippen LogP contribution in [0.1, 0.15) is 27.2 Å². The molecule has 0 aromatic carbocycles. The van der Waals surface area contributed by atoms with Gasteiger partial charge in [-0.1, -0.05) is 0 Å². The largest absolute Gasteiger partial charge is 0.433 e. The molecule has 0 saturated heterocycles. The summed E-state index contributed by atoms with van der Waals surface area (Å²) in [6.45, 7) is 4.54. The fourth-order valence-electron chi connectivity index (χ4n) is 0.555. The van der Waals surface area contributed by atoms with E-state index in [0.29, 0.717) is 0 Å². The zero-order valence-corrected chi connectivity index (χ0v) is 7.84. The van der Waals surface area contributed by atoms with Crippen LogP contribution in [0, 0.1) is 0 Å². The van der Waals surface area contributed by atoms with Crippen LogP contribution in [0.2, 0.25) is 0 Å². The van der Waals surface area contributed by atoms with Gasteiger partial charge in [-0.15, -0.1) is 0 Å². The summed E-state index contributed by atoms with van der Waals surface area (Å²) in [6, 6.07) is 0. The SMILES string of the molecule is COC(C)(C)OC(=O)CC(C)=O. The number of ether oxygens (including phenoxy) is 2. The summed E-state index contributed by atoms with van der Waals surface area (Å²) in [5, 5.41) is 0. The van der Waals surface area contributed by atoms with Crippen molar-refractivity contribution < 1.29 is 19.1 Å². The molecule has 0 fully saturated rings. The van der Waals surface area contributed by atoms with E-state index < -0.39 is 11.8 Å². The van der Waals surface area contributed by atoms with Gasteiger partial charge >= 0.3 is 5.97 Å². The quantitative estimate of drug-likeness (QED) is 0.361. The van der Waals surface area contributed by atoms with Crippen LogP contribution >= 0.6 is 0 Å². The van der Waals surface area contributed by atoms with Crippen LogP contribution < -0.4 is 0 Å². The minimum atomic E-state index is -0.952. The lowest BCUT2D eigenvalue weighted by atomic mass is 10.3. The van der Waals surface area contributed by atoms with Crippen molar-refractivity contribution in [1.82, 2.24) is 0 Å². The number of ketones is 1. The van der Waals surface area contributed by atoms with Crippen molar-refractivity contribution in [2.75, 3.05) is 7.11 Å². The lowest BCUT2D eigenvalue weighted by Gasteiger charge is -2.22. The third-order valence-electron chi connectivity index (χ3n) is 1.24. The molecule has 0 heterocycles. The molecule has 0 bridgehead atoms. The minimum absolute atomic E-state index is 0.202. The lowest BCUT2D eigenvalue weighted by molar-refractivity contribution is -0.205. The molecule has 0 aromatic rings. The van der Waals surface area contributed by atoms with Gasteiger partial charge in [0, 0.05) is 21.0 Å². The molecule has 0 spiro atoms. The van der Waals surface area contributed by atoms with Gasteiger partial charge in [0.25, 0.3) is 0 Å². The zero-order chi connectivity index (χ0) is 9.78. The molecule has 4 nitrogen and oxygen atoms in total. The lowest BCUT2D eigenvalue weighted by Crippen LogP contribution is -2.30. The van der Waals surface area contributed by atoms with Gasteiger partial charge in [-0.05, 0) is 6.92 Å². The molecule has 70 valence electrons. The number of carbonyl (C=O) groups is 2. The molecule has 12 heavy (non-hydrogen) atoms. The van der Waals surface area contributed by atoms with Gasteiger partial charge in [0.05, 0.1) is 0 Å². The number of Topliss-reactive ketones (excluding diaryl/α,β-unsaturated/α-hetero) is 1. The maximum Gasteiger partial charge on any atom is 0.315 e. The molecule has 4 heteroatoms. The number of methoxy groups -OCH3 is 1. The van der Waals surface area contributed by atoms with Crippen LogP contribution in [0.3, 0.4) is 0 Å². The van der Waals surface area contributed by atoms with Crippen molar-refractivity contribution in [3.63, 3.8) is 0 Å². The molecule has 0 rings (SSSR count). The highest BCUT2D eigenvalue weighted by molar-refractivity contribution is 5.94. The Labute approximate surface area is 71.8 Å². The van der Waals surface area contributed by atoms with Gasteiger partial charge in [-0.25, -0.2) is 0 Å². The predicted octanol–water partition coefficient (Wildman–Crippen LogP) is 0.891. The molecule has 0 aliphatic rings. The highest BCUT2D eigenvalue weighted by Gasteiger charge is 2.21. The first-order valence-electron chi connectivity index (χ1n) is 3.64. The molecule has 0 atom stereocenters. The average molecular weight is 174 g/mol. The fourth-order valence-corrected chi connectivity index (χ4v) is 0.555. The van der Waals surface area contributed by atoms with E-state index in [1.807, 2.05) is 0 Å². The Hall–Kier alpha value is -0.900. The van der Waals surface area contributed by atoms with E-state index in [-0.39, 0.29) is 12.2 Å². The predicted molar refractivity (Wildman–Crippen MR) is 42.5 cm³/mol. The Bertz CT molecular complexity index is 183. The van der Waals surface area contributed by atoms with Gasteiger partial charge in [0.15, 0.2) is 0 Å². The Balaban J connectivity index is 3.92. The maximum atomic E-state index is 10.9. The van der Waals surface area contributed by atoms with E-state index in [0.717, 1.165) is 0 Å². The summed E-state index contributed by atoms with van der Waals surface area (Å²) in [4.78, 5) is 21.4. The van der Waals surface area contributed by atoms with Crippen LogP contribution in [-0.2, 0) is 19.1 Å². The highest BCUT2D eigenvalue weighted by atomic mass is 16.7. The van der Waals surface area contributed by atoms with Crippen LogP contribution in [0.5, 0.6) is 0 Å². The second-order valence-electron chi connectivity index (χ2n) is 2.96. The smallest absolute Gasteiger partial charge is 0.315 e. The molecular weight excluding hydrogens is 160 g/mol.